The molecule has 0 saturated carbocycles. The normalized spacial score (nSPS) is 10.7. The molecule has 1 heterocycles. The van der Waals surface area contributed by atoms with E-state index in [1.165, 1.54) is 0 Å². The quantitative estimate of drug-likeness (QED) is 0.873. The van der Waals surface area contributed by atoms with E-state index in [0.29, 0.717) is 0 Å². The Kier molecular flexibility index (Phi) is 3.98. The average molecular weight is 300 g/mol. The number of alkyl halides is 2. The summed E-state index contributed by atoms with van der Waals surface area (Å²) in [6.45, 7) is 0. The minimum Gasteiger partial charge on any atom is -0.481 e. The van der Waals surface area contributed by atoms with Crippen molar-refractivity contribution in [3.8, 4) is 0 Å². The van der Waals surface area contributed by atoms with Gasteiger partial charge in [-0.3, -0.25) is 4.79 Å². The van der Waals surface area contributed by atoms with E-state index in [-0.39, 0.29) is 21.6 Å². The smallest absolute Gasteiger partial charge is 0.307 e. The molecule has 1 rings (SSSR count). The second-order valence-electron chi connectivity index (χ2n) is 2.67. The maximum atomic E-state index is 12.3. The van der Waals surface area contributed by atoms with E-state index in [9.17, 15) is 13.6 Å². The molecule has 0 radical (unpaired) electrons. The summed E-state index contributed by atoms with van der Waals surface area (Å²) >= 11 is 8.56. The van der Waals surface area contributed by atoms with E-state index in [2.05, 4.69) is 20.9 Å². The molecule has 3 nitrogen and oxygen atoms in total. The molecule has 15 heavy (non-hydrogen) atoms. The van der Waals surface area contributed by atoms with E-state index < -0.39 is 18.1 Å². The van der Waals surface area contributed by atoms with Crippen molar-refractivity contribution in [2.45, 2.75) is 12.8 Å². The van der Waals surface area contributed by atoms with Crippen LogP contribution < -0.4 is 0 Å². The highest BCUT2D eigenvalue weighted by molar-refractivity contribution is 9.10. The van der Waals surface area contributed by atoms with E-state index in [4.69, 9.17) is 16.7 Å². The molecule has 0 aliphatic carbocycles. The van der Waals surface area contributed by atoms with Crippen molar-refractivity contribution in [3.05, 3.63) is 26.9 Å². The topological polar surface area (TPSA) is 50.2 Å². The summed E-state index contributed by atoms with van der Waals surface area (Å²) in [5.74, 6) is -1.11. The van der Waals surface area contributed by atoms with Gasteiger partial charge < -0.3 is 5.11 Å². The standard InChI is InChI=1S/C8H5BrClF2NO2/c9-4-2-5(8(11)12)13-7(10)3(4)1-6(14)15/h2,8H,1H2,(H,14,15). The van der Waals surface area contributed by atoms with Gasteiger partial charge in [-0.2, -0.15) is 0 Å². The highest BCUT2D eigenvalue weighted by atomic mass is 79.9. The SMILES string of the molecule is O=C(O)Cc1c(Br)cc(C(F)F)nc1Cl. The second-order valence-corrected chi connectivity index (χ2v) is 3.88. The first-order valence-electron chi connectivity index (χ1n) is 3.76. The molecule has 82 valence electrons. The van der Waals surface area contributed by atoms with Gasteiger partial charge in [0.15, 0.2) is 0 Å². The maximum Gasteiger partial charge on any atom is 0.307 e. The lowest BCUT2D eigenvalue weighted by Gasteiger charge is -2.06. The van der Waals surface area contributed by atoms with Gasteiger partial charge >= 0.3 is 5.97 Å². The predicted octanol–water partition coefficient (Wildman–Crippen LogP) is 3.06. The number of hydrogen-bond acceptors (Lipinski definition) is 2. The van der Waals surface area contributed by atoms with Crippen LogP contribution in [0, 0.1) is 0 Å². The van der Waals surface area contributed by atoms with Crippen LogP contribution in [0.5, 0.6) is 0 Å². The van der Waals surface area contributed by atoms with Crippen LogP contribution in [0.4, 0.5) is 8.78 Å². The molecule has 0 spiro atoms. The van der Waals surface area contributed by atoms with Crippen molar-refractivity contribution in [2.24, 2.45) is 0 Å². The monoisotopic (exact) mass is 299 g/mol. The maximum absolute atomic E-state index is 12.3. The Morgan fingerprint density at radius 2 is 2.27 bits per heavy atom. The number of halogens is 4. The lowest BCUT2D eigenvalue weighted by Crippen LogP contribution is -2.04. The Hall–Kier alpha value is -0.750. The summed E-state index contributed by atoms with van der Waals surface area (Å²) in [5, 5.41) is 8.32. The Bertz CT molecular complexity index is 377. The molecule has 7 heteroatoms. The van der Waals surface area contributed by atoms with Crippen LogP contribution in [0.25, 0.3) is 0 Å². The van der Waals surface area contributed by atoms with Crippen molar-refractivity contribution in [1.29, 1.82) is 0 Å². The third-order valence-corrected chi connectivity index (χ3v) is 2.61. The molecule has 0 aromatic carbocycles. The minimum absolute atomic E-state index is 0.188. The van der Waals surface area contributed by atoms with Gasteiger partial charge in [0.05, 0.1) is 6.42 Å². The number of nitrogens with zero attached hydrogens (tertiary/aromatic N) is 1. The number of pyridine rings is 1. The van der Waals surface area contributed by atoms with Crippen LogP contribution in [0.2, 0.25) is 5.15 Å². The Morgan fingerprint density at radius 1 is 1.67 bits per heavy atom. The highest BCUT2D eigenvalue weighted by Crippen LogP contribution is 2.28. The summed E-state index contributed by atoms with van der Waals surface area (Å²) in [4.78, 5) is 13.8. The molecule has 0 bridgehead atoms. The average Bonchev–Trinajstić information content (AvgIpc) is 2.10. The van der Waals surface area contributed by atoms with Crippen LogP contribution in [-0.4, -0.2) is 16.1 Å². The van der Waals surface area contributed by atoms with Gasteiger partial charge in [0.25, 0.3) is 6.43 Å². The third-order valence-electron chi connectivity index (χ3n) is 1.59. The van der Waals surface area contributed by atoms with Crippen molar-refractivity contribution in [1.82, 2.24) is 4.98 Å². The van der Waals surface area contributed by atoms with Gasteiger partial charge in [0, 0.05) is 10.0 Å². The van der Waals surface area contributed by atoms with E-state index in [1.54, 1.807) is 0 Å². The highest BCUT2D eigenvalue weighted by Gasteiger charge is 2.16. The number of carboxylic acid groups (broad SMARTS) is 1. The first-order chi connectivity index (χ1) is 6.91. The molecular formula is C8H5BrClF2NO2. The van der Waals surface area contributed by atoms with Crippen LogP contribution in [0.3, 0.4) is 0 Å². The van der Waals surface area contributed by atoms with Crippen molar-refractivity contribution >= 4 is 33.5 Å². The van der Waals surface area contributed by atoms with Gasteiger partial charge in [-0.1, -0.05) is 27.5 Å². The molecule has 0 unspecified atom stereocenters. The number of hydrogen-bond donors (Lipinski definition) is 1. The van der Waals surface area contributed by atoms with Crippen LogP contribution in [0.15, 0.2) is 10.5 Å². The van der Waals surface area contributed by atoms with Crippen molar-refractivity contribution in [3.63, 3.8) is 0 Å². The number of aliphatic carboxylic acids is 1. The van der Waals surface area contributed by atoms with Gasteiger partial charge in [0.2, 0.25) is 0 Å². The van der Waals surface area contributed by atoms with Gasteiger partial charge in [-0.05, 0) is 6.07 Å². The first kappa shape index (κ1) is 12.3. The van der Waals surface area contributed by atoms with E-state index >= 15 is 0 Å². The van der Waals surface area contributed by atoms with Crippen LogP contribution >= 0.6 is 27.5 Å². The molecule has 0 aliphatic rings. The van der Waals surface area contributed by atoms with Gasteiger partial charge in [0.1, 0.15) is 10.8 Å². The van der Waals surface area contributed by atoms with E-state index in [0.717, 1.165) is 6.07 Å². The predicted molar refractivity (Wildman–Crippen MR) is 53.2 cm³/mol. The molecule has 0 fully saturated rings. The fraction of sp³-hybridized carbons (Fsp3) is 0.250. The molecule has 0 amide bonds. The lowest BCUT2D eigenvalue weighted by atomic mass is 10.2. The molecule has 0 saturated heterocycles. The summed E-state index contributed by atoms with van der Waals surface area (Å²) in [6.07, 6.45) is -3.10. The van der Waals surface area contributed by atoms with Gasteiger partial charge in [-0.15, -0.1) is 0 Å². The number of carboxylic acids is 1. The molecular weight excluding hydrogens is 295 g/mol. The fourth-order valence-electron chi connectivity index (χ4n) is 0.949. The zero-order chi connectivity index (χ0) is 11.6. The first-order valence-corrected chi connectivity index (χ1v) is 4.93. The molecule has 0 aliphatic heterocycles. The summed E-state index contributed by atoms with van der Waals surface area (Å²) in [7, 11) is 0. The Balaban J connectivity index is 3.15. The van der Waals surface area contributed by atoms with Crippen molar-refractivity contribution in [2.75, 3.05) is 0 Å². The second kappa shape index (κ2) is 4.85. The summed E-state index contributed by atoms with van der Waals surface area (Å²) < 4.78 is 24.7. The van der Waals surface area contributed by atoms with Crippen LogP contribution in [-0.2, 0) is 11.2 Å². The zero-order valence-electron chi connectivity index (χ0n) is 7.18. The summed E-state index contributed by atoms with van der Waals surface area (Å²) in [6, 6.07) is 1.06. The zero-order valence-corrected chi connectivity index (χ0v) is 9.52. The fourth-order valence-corrected chi connectivity index (χ4v) is 1.89. The molecule has 1 aromatic heterocycles. The Morgan fingerprint density at radius 3 is 2.67 bits per heavy atom. The molecule has 1 aromatic rings. The largest absolute Gasteiger partial charge is 0.481 e. The van der Waals surface area contributed by atoms with Gasteiger partial charge in [-0.25, -0.2) is 13.8 Å². The number of aromatic nitrogens is 1. The third kappa shape index (κ3) is 3.10. The molecule has 0 atom stereocenters. The number of rotatable bonds is 3. The lowest BCUT2D eigenvalue weighted by molar-refractivity contribution is -0.136. The van der Waals surface area contributed by atoms with E-state index in [1.807, 2.05) is 0 Å². The van der Waals surface area contributed by atoms with Crippen molar-refractivity contribution < 1.29 is 18.7 Å². The number of carbonyl (C=O) groups is 1. The Labute approximate surface area is 97.2 Å². The van der Waals surface area contributed by atoms with Crippen LogP contribution in [0.1, 0.15) is 17.7 Å². The molecule has 1 N–H and O–H groups in total. The summed E-state index contributed by atoms with van der Waals surface area (Å²) in [5.41, 5.74) is -0.297. The minimum atomic E-state index is -2.74.